The smallest absolute Gasteiger partial charge is 0.453 e. The van der Waals surface area contributed by atoms with Crippen molar-refractivity contribution in [3.63, 3.8) is 0 Å². The van der Waals surface area contributed by atoms with E-state index in [2.05, 4.69) is 4.74 Å². The van der Waals surface area contributed by atoms with Crippen molar-refractivity contribution in [2.75, 3.05) is 0 Å². The van der Waals surface area contributed by atoms with Crippen molar-refractivity contribution < 1.29 is 27.6 Å². The third kappa shape index (κ3) is 4.37. The molecule has 1 aliphatic heterocycles. The lowest BCUT2D eigenvalue weighted by Gasteiger charge is -2.32. The van der Waals surface area contributed by atoms with E-state index in [9.17, 15) is 8.78 Å². The molecule has 0 aromatic heterocycles. The quantitative estimate of drug-likeness (QED) is 0.664. The second-order valence-electron chi connectivity index (χ2n) is 7.23. The Labute approximate surface area is 162 Å². The molecule has 3 rings (SSSR count). The molecule has 0 saturated carbocycles. The van der Waals surface area contributed by atoms with Crippen molar-refractivity contribution in [3.05, 3.63) is 47.5 Å². The van der Waals surface area contributed by atoms with E-state index in [-0.39, 0.29) is 11.5 Å². The van der Waals surface area contributed by atoms with Crippen molar-refractivity contribution in [2.24, 2.45) is 0 Å². The number of benzene rings is 2. The van der Waals surface area contributed by atoms with Gasteiger partial charge < -0.3 is 18.8 Å². The van der Waals surface area contributed by atoms with Gasteiger partial charge in [0.15, 0.2) is 11.5 Å². The molecule has 0 unspecified atom stereocenters. The molecule has 8 heteroatoms. The molecule has 2 aromatic carbocycles. The minimum Gasteiger partial charge on any atom is -0.453 e. The molecule has 1 saturated heterocycles. The van der Waals surface area contributed by atoms with Crippen LogP contribution in [-0.4, -0.2) is 24.9 Å². The lowest BCUT2D eigenvalue weighted by atomic mass is 9.79. The molecule has 0 bridgehead atoms. The molecular weight excluding hydrogens is 376 g/mol. The maximum atomic E-state index is 12.9. The van der Waals surface area contributed by atoms with E-state index in [4.69, 9.17) is 25.6 Å². The van der Waals surface area contributed by atoms with Gasteiger partial charge in [0.05, 0.1) is 11.2 Å². The summed E-state index contributed by atoms with van der Waals surface area (Å²) < 4.78 is 48.0. The van der Waals surface area contributed by atoms with Crippen molar-refractivity contribution in [3.8, 4) is 17.2 Å². The van der Waals surface area contributed by atoms with Crippen LogP contribution in [0.5, 0.6) is 17.2 Å². The van der Waals surface area contributed by atoms with Gasteiger partial charge in [-0.1, -0.05) is 17.7 Å². The summed E-state index contributed by atoms with van der Waals surface area (Å²) in [5.41, 5.74) is -0.521. The Morgan fingerprint density at radius 1 is 0.926 bits per heavy atom. The zero-order valence-corrected chi connectivity index (χ0v) is 16.2. The van der Waals surface area contributed by atoms with E-state index < -0.39 is 24.9 Å². The standard InChI is InChI=1S/C19H20BClF2O4/c1-18(2)19(3,4)27-20(26-18)12-5-10-15(16(11-12)25-17(22)23)24-14-8-6-13(21)7-9-14/h5-11,17H,1-4H3. The Kier molecular flexibility index (Phi) is 5.39. The Morgan fingerprint density at radius 2 is 1.52 bits per heavy atom. The zero-order chi connectivity index (χ0) is 19.8. The average molecular weight is 397 g/mol. The van der Waals surface area contributed by atoms with Gasteiger partial charge in [0.2, 0.25) is 0 Å². The van der Waals surface area contributed by atoms with Gasteiger partial charge in [-0.25, -0.2) is 0 Å². The maximum Gasteiger partial charge on any atom is 0.494 e. The molecule has 1 heterocycles. The van der Waals surface area contributed by atoms with Crippen LogP contribution in [-0.2, 0) is 9.31 Å². The first kappa shape index (κ1) is 19.9. The lowest BCUT2D eigenvalue weighted by molar-refractivity contribution is -0.0509. The summed E-state index contributed by atoms with van der Waals surface area (Å²) in [5, 5.41) is 0.544. The highest BCUT2D eigenvalue weighted by Crippen LogP contribution is 2.38. The SMILES string of the molecule is CC1(C)OB(c2ccc(Oc3ccc(Cl)cc3)c(OC(F)F)c2)OC1(C)C. The monoisotopic (exact) mass is 396 g/mol. The fraction of sp³-hybridized carbons (Fsp3) is 0.368. The van der Waals surface area contributed by atoms with Crippen LogP contribution in [0, 0.1) is 0 Å². The number of halogens is 3. The molecular formula is C19H20BClF2O4. The third-order valence-corrected chi connectivity index (χ3v) is 5.00. The van der Waals surface area contributed by atoms with Gasteiger partial charge in [0.1, 0.15) is 5.75 Å². The summed E-state index contributed by atoms with van der Waals surface area (Å²) in [6, 6.07) is 11.2. The molecule has 1 fully saturated rings. The normalized spacial score (nSPS) is 18.0. The summed E-state index contributed by atoms with van der Waals surface area (Å²) in [7, 11) is -0.695. The predicted molar refractivity (Wildman–Crippen MR) is 100 cm³/mol. The Hall–Kier alpha value is -1.83. The summed E-state index contributed by atoms with van der Waals surface area (Å²) in [4.78, 5) is 0. The summed E-state index contributed by atoms with van der Waals surface area (Å²) in [6.45, 7) is 4.68. The van der Waals surface area contributed by atoms with E-state index in [1.807, 2.05) is 27.7 Å². The first-order valence-electron chi connectivity index (χ1n) is 8.45. The van der Waals surface area contributed by atoms with Crippen molar-refractivity contribution in [1.29, 1.82) is 0 Å². The van der Waals surface area contributed by atoms with Crippen LogP contribution in [0.3, 0.4) is 0 Å². The van der Waals surface area contributed by atoms with E-state index in [0.717, 1.165) is 0 Å². The second-order valence-corrected chi connectivity index (χ2v) is 7.67. The molecule has 0 atom stereocenters. The first-order chi connectivity index (χ1) is 12.6. The predicted octanol–water partition coefficient (Wildman–Crippen LogP) is 5.03. The third-order valence-electron chi connectivity index (χ3n) is 4.75. The Morgan fingerprint density at radius 3 is 2.07 bits per heavy atom. The highest BCUT2D eigenvalue weighted by atomic mass is 35.5. The van der Waals surface area contributed by atoms with Crippen LogP contribution in [0.4, 0.5) is 8.78 Å². The molecule has 0 spiro atoms. The van der Waals surface area contributed by atoms with E-state index >= 15 is 0 Å². The van der Waals surface area contributed by atoms with Crippen LogP contribution < -0.4 is 14.9 Å². The summed E-state index contributed by atoms with van der Waals surface area (Å²) >= 11 is 5.85. The van der Waals surface area contributed by atoms with E-state index in [1.54, 1.807) is 36.4 Å². The highest BCUT2D eigenvalue weighted by molar-refractivity contribution is 6.62. The number of hydrogen-bond acceptors (Lipinski definition) is 4. The van der Waals surface area contributed by atoms with Crippen molar-refractivity contribution >= 4 is 24.2 Å². The van der Waals surface area contributed by atoms with Crippen LogP contribution in [0.25, 0.3) is 0 Å². The average Bonchev–Trinajstić information content (AvgIpc) is 2.78. The number of ether oxygens (including phenoxy) is 2. The molecule has 0 N–H and O–H groups in total. The van der Waals surface area contributed by atoms with E-state index in [0.29, 0.717) is 16.2 Å². The summed E-state index contributed by atoms with van der Waals surface area (Å²) in [6.07, 6.45) is 0. The Balaban J connectivity index is 1.89. The molecule has 0 amide bonds. The minimum atomic E-state index is -2.99. The van der Waals surface area contributed by atoms with Crippen LogP contribution >= 0.6 is 11.6 Å². The first-order valence-corrected chi connectivity index (χ1v) is 8.83. The van der Waals surface area contributed by atoms with Gasteiger partial charge in [-0.15, -0.1) is 0 Å². The van der Waals surface area contributed by atoms with E-state index in [1.165, 1.54) is 6.07 Å². The number of hydrogen-bond donors (Lipinski definition) is 0. The zero-order valence-electron chi connectivity index (χ0n) is 15.5. The van der Waals surface area contributed by atoms with Crippen LogP contribution in [0.15, 0.2) is 42.5 Å². The highest BCUT2D eigenvalue weighted by Gasteiger charge is 2.51. The molecule has 1 aliphatic rings. The summed E-state index contributed by atoms with van der Waals surface area (Å²) in [5.74, 6) is 0.493. The topological polar surface area (TPSA) is 36.9 Å². The van der Waals surface area contributed by atoms with Gasteiger partial charge in [-0.2, -0.15) is 8.78 Å². The fourth-order valence-corrected chi connectivity index (χ4v) is 2.68. The maximum absolute atomic E-state index is 12.9. The van der Waals surface area contributed by atoms with Crippen LogP contribution in [0.2, 0.25) is 5.02 Å². The molecule has 0 aliphatic carbocycles. The van der Waals surface area contributed by atoms with Crippen molar-refractivity contribution in [1.82, 2.24) is 0 Å². The molecule has 2 aromatic rings. The molecule has 4 nitrogen and oxygen atoms in total. The van der Waals surface area contributed by atoms with Gasteiger partial charge in [-0.05, 0) is 69.6 Å². The van der Waals surface area contributed by atoms with Gasteiger partial charge in [0.25, 0.3) is 0 Å². The second kappa shape index (κ2) is 7.30. The van der Waals surface area contributed by atoms with Gasteiger partial charge >= 0.3 is 13.7 Å². The molecule has 144 valence electrons. The minimum absolute atomic E-state index is 0.104. The number of alkyl halides is 2. The van der Waals surface area contributed by atoms with Crippen LogP contribution in [0.1, 0.15) is 27.7 Å². The van der Waals surface area contributed by atoms with Gasteiger partial charge in [-0.3, -0.25) is 0 Å². The molecule has 27 heavy (non-hydrogen) atoms. The lowest BCUT2D eigenvalue weighted by Crippen LogP contribution is -2.41. The van der Waals surface area contributed by atoms with Crippen molar-refractivity contribution in [2.45, 2.75) is 45.5 Å². The van der Waals surface area contributed by atoms with Gasteiger partial charge in [0, 0.05) is 5.02 Å². The Bertz CT molecular complexity index is 796. The number of rotatable bonds is 5. The molecule has 0 radical (unpaired) electrons. The fourth-order valence-electron chi connectivity index (χ4n) is 2.55. The largest absolute Gasteiger partial charge is 0.494 e.